The first-order valence-electron chi connectivity index (χ1n) is 5.70. The molecule has 0 fully saturated rings. The maximum Gasteiger partial charge on any atom is 0.423 e. The lowest BCUT2D eigenvalue weighted by molar-refractivity contribution is -0.129. The summed E-state index contributed by atoms with van der Waals surface area (Å²) < 4.78 is 0. The Morgan fingerprint density at radius 2 is 2.20 bits per heavy atom. The highest BCUT2D eigenvalue weighted by atomic mass is 35.5. The normalized spacial score (nSPS) is 10.1. The molecule has 0 unspecified atom stereocenters. The van der Waals surface area contributed by atoms with Crippen LogP contribution in [0.15, 0.2) is 5.38 Å². The Morgan fingerprint density at radius 3 is 2.80 bits per heavy atom. The Labute approximate surface area is 124 Å². The lowest BCUT2D eigenvalue weighted by Crippen LogP contribution is -2.36. The van der Waals surface area contributed by atoms with Crippen molar-refractivity contribution in [1.82, 2.24) is 15.3 Å². The zero-order chi connectivity index (χ0) is 15.0. The van der Waals surface area contributed by atoms with Crippen LogP contribution in [0.3, 0.4) is 0 Å². The summed E-state index contributed by atoms with van der Waals surface area (Å²) >= 11 is 6.72. The molecule has 0 aliphatic heterocycles. The molecule has 2 amide bonds. The third kappa shape index (κ3) is 5.59. The predicted molar refractivity (Wildman–Crippen MR) is 75.0 cm³/mol. The molecule has 1 aromatic rings. The van der Waals surface area contributed by atoms with Crippen LogP contribution in [0.4, 0.5) is 9.93 Å². The summed E-state index contributed by atoms with van der Waals surface area (Å²) in [4.78, 5) is 27.4. The van der Waals surface area contributed by atoms with E-state index in [0.29, 0.717) is 18.1 Å². The van der Waals surface area contributed by atoms with Gasteiger partial charge in [0.1, 0.15) is 5.88 Å². The zero-order valence-corrected chi connectivity index (χ0v) is 12.1. The zero-order valence-electron chi connectivity index (χ0n) is 10.5. The molecule has 10 heteroatoms. The van der Waals surface area contributed by atoms with Crippen molar-refractivity contribution in [3.8, 4) is 0 Å². The average Bonchev–Trinajstić information content (AvgIpc) is 2.88. The average molecular weight is 323 g/mol. The van der Waals surface area contributed by atoms with Gasteiger partial charge in [-0.3, -0.25) is 10.2 Å². The van der Waals surface area contributed by atoms with Gasteiger partial charge < -0.3 is 15.1 Å². The molecular formula is C10H15ClN4O4S. The van der Waals surface area contributed by atoms with Gasteiger partial charge in [-0.15, -0.1) is 22.9 Å². The summed E-state index contributed by atoms with van der Waals surface area (Å²) in [6, 6.07) is 0. The Balaban J connectivity index is 2.47. The van der Waals surface area contributed by atoms with E-state index in [1.165, 1.54) is 16.2 Å². The Hall–Kier alpha value is -1.58. The molecule has 0 radical (unpaired) electrons. The van der Waals surface area contributed by atoms with Crippen LogP contribution >= 0.6 is 22.9 Å². The molecule has 0 spiro atoms. The van der Waals surface area contributed by atoms with Gasteiger partial charge in [-0.1, -0.05) is 0 Å². The van der Waals surface area contributed by atoms with Gasteiger partial charge in [-0.2, -0.15) is 0 Å². The number of anilines is 1. The van der Waals surface area contributed by atoms with Crippen LogP contribution in [0, 0.1) is 0 Å². The third-order valence-corrected chi connectivity index (χ3v) is 3.34. The number of amides is 2. The van der Waals surface area contributed by atoms with Crippen LogP contribution in [0.1, 0.15) is 5.69 Å². The molecule has 1 rings (SSSR count). The summed E-state index contributed by atoms with van der Waals surface area (Å²) in [5.74, 6) is -0.381. The number of aliphatic hydroxyl groups excluding tert-OH is 1. The second kappa shape index (κ2) is 8.56. The molecule has 0 saturated carbocycles. The van der Waals surface area contributed by atoms with Crippen LogP contribution in [0.2, 0.25) is 0 Å². The van der Waals surface area contributed by atoms with Gasteiger partial charge in [0, 0.05) is 24.9 Å². The van der Waals surface area contributed by atoms with Crippen molar-refractivity contribution in [1.29, 1.82) is 0 Å². The summed E-state index contributed by atoms with van der Waals surface area (Å²) in [5, 5.41) is 19.5. The first kappa shape index (κ1) is 16.5. The van der Waals surface area contributed by atoms with E-state index in [0.717, 1.165) is 5.69 Å². The molecule has 0 atom stereocenters. The van der Waals surface area contributed by atoms with E-state index in [4.69, 9.17) is 21.8 Å². The number of carbonyl (C=O) groups excluding carboxylic acids is 1. The van der Waals surface area contributed by atoms with E-state index in [1.807, 2.05) is 5.43 Å². The minimum atomic E-state index is -1.21. The number of nitrogens with zero attached hydrogens (tertiary/aromatic N) is 2. The van der Waals surface area contributed by atoms with E-state index < -0.39 is 6.09 Å². The fraction of sp³-hybridized carbons (Fsp3) is 0.500. The quantitative estimate of drug-likeness (QED) is 0.405. The molecule has 20 heavy (non-hydrogen) atoms. The molecule has 0 saturated heterocycles. The molecule has 1 aromatic heterocycles. The monoisotopic (exact) mass is 322 g/mol. The molecule has 4 N–H and O–H groups in total. The Bertz CT molecular complexity index is 456. The number of nitrogens with one attached hydrogen (secondary N) is 2. The predicted octanol–water partition coefficient (Wildman–Crippen LogP) is 0.340. The van der Waals surface area contributed by atoms with Crippen LogP contribution in [-0.4, -0.2) is 57.7 Å². The second-order valence-electron chi connectivity index (χ2n) is 3.69. The highest BCUT2D eigenvalue weighted by Gasteiger charge is 2.12. The summed E-state index contributed by atoms with van der Waals surface area (Å²) in [6.07, 6.45) is -0.711. The highest BCUT2D eigenvalue weighted by molar-refractivity contribution is 7.13. The molecule has 112 valence electrons. The number of thiazole rings is 1. The van der Waals surface area contributed by atoms with E-state index in [9.17, 15) is 9.59 Å². The Kier molecular flexibility index (Phi) is 7.05. The molecule has 1 heterocycles. The van der Waals surface area contributed by atoms with E-state index >= 15 is 0 Å². The van der Waals surface area contributed by atoms with Crippen molar-refractivity contribution in [3.05, 3.63) is 11.1 Å². The number of aliphatic hydroxyl groups is 1. The number of alkyl halides is 1. The third-order valence-electron chi connectivity index (χ3n) is 2.30. The lowest BCUT2D eigenvalue weighted by Gasteiger charge is -2.19. The first-order valence-corrected chi connectivity index (χ1v) is 7.12. The minimum Gasteiger partial charge on any atom is -0.464 e. The van der Waals surface area contributed by atoms with Gasteiger partial charge in [0.15, 0.2) is 0 Å². The van der Waals surface area contributed by atoms with Gasteiger partial charge in [0.05, 0.1) is 12.3 Å². The smallest absolute Gasteiger partial charge is 0.423 e. The molecule has 8 nitrogen and oxygen atoms in total. The summed E-state index contributed by atoms with van der Waals surface area (Å²) in [7, 11) is 0. The Morgan fingerprint density at radius 1 is 1.45 bits per heavy atom. The van der Waals surface area contributed by atoms with Crippen molar-refractivity contribution >= 4 is 40.1 Å². The molecule has 0 aromatic carbocycles. The van der Waals surface area contributed by atoms with Gasteiger partial charge in [-0.05, 0) is 0 Å². The fourth-order valence-corrected chi connectivity index (χ4v) is 2.27. The van der Waals surface area contributed by atoms with Gasteiger partial charge >= 0.3 is 6.09 Å². The standard InChI is InChI=1S/C10H15ClN4O4S/c11-5-8(17)15(3-4-16)2-1-7-6-20-9(12-7)13-14-10(18)19/h6,14,16H,1-5H2,(H,12,13)(H,18,19). The number of rotatable bonds is 8. The first-order chi connectivity index (χ1) is 9.56. The SMILES string of the molecule is O=C(O)NNc1nc(CCN(CCO)C(=O)CCl)cs1. The van der Waals surface area contributed by atoms with Crippen molar-refractivity contribution in [2.24, 2.45) is 0 Å². The number of carbonyl (C=O) groups is 2. The summed E-state index contributed by atoms with van der Waals surface area (Å²) in [5.41, 5.74) is 5.13. The number of halogens is 1. The topological polar surface area (TPSA) is 115 Å². The van der Waals surface area contributed by atoms with Gasteiger partial charge in [0.25, 0.3) is 0 Å². The van der Waals surface area contributed by atoms with Crippen LogP contribution in [-0.2, 0) is 11.2 Å². The van der Waals surface area contributed by atoms with Crippen molar-refractivity contribution in [3.63, 3.8) is 0 Å². The molecule has 0 aliphatic carbocycles. The summed E-state index contributed by atoms with van der Waals surface area (Å²) in [6.45, 7) is 0.484. The second-order valence-corrected chi connectivity index (χ2v) is 4.81. The number of aromatic nitrogens is 1. The minimum absolute atomic E-state index is 0.130. The number of hydrogen-bond donors (Lipinski definition) is 4. The van der Waals surface area contributed by atoms with E-state index in [1.54, 1.807) is 5.38 Å². The molecular weight excluding hydrogens is 308 g/mol. The van der Waals surface area contributed by atoms with Gasteiger partial charge in [-0.25, -0.2) is 15.2 Å². The van der Waals surface area contributed by atoms with E-state index in [2.05, 4.69) is 10.4 Å². The molecule has 0 bridgehead atoms. The van der Waals surface area contributed by atoms with Gasteiger partial charge in [0.2, 0.25) is 11.0 Å². The lowest BCUT2D eigenvalue weighted by atomic mass is 10.3. The fourth-order valence-electron chi connectivity index (χ4n) is 1.40. The maximum absolute atomic E-state index is 11.5. The van der Waals surface area contributed by atoms with Crippen molar-refractivity contribution in [2.75, 3.05) is 31.0 Å². The van der Waals surface area contributed by atoms with Crippen LogP contribution < -0.4 is 10.9 Å². The van der Waals surface area contributed by atoms with Crippen molar-refractivity contribution < 1.29 is 19.8 Å². The maximum atomic E-state index is 11.5. The molecule has 0 aliphatic rings. The van der Waals surface area contributed by atoms with Crippen molar-refractivity contribution in [2.45, 2.75) is 6.42 Å². The van der Waals surface area contributed by atoms with Crippen LogP contribution in [0.25, 0.3) is 0 Å². The highest BCUT2D eigenvalue weighted by Crippen LogP contribution is 2.15. The number of hydrazine groups is 1. The van der Waals surface area contributed by atoms with Crippen LogP contribution in [0.5, 0.6) is 0 Å². The van der Waals surface area contributed by atoms with E-state index in [-0.39, 0.29) is 24.9 Å². The number of carboxylic acid groups (broad SMARTS) is 1. The largest absolute Gasteiger partial charge is 0.464 e. The number of hydrogen-bond acceptors (Lipinski definition) is 6.